The quantitative estimate of drug-likeness (QED) is 0.0840. The normalized spacial score (nSPS) is 17.8. The zero-order valence-corrected chi connectivity index (χ0v) is 27.7. The number of allylic oxidation sites excluding steroid dienone is 4. The van der Waals surface area contributed by atoms with E-state index < -0.39 is 20.0 Å². The van der Waals surface area contributed by atoms with E-state index in [2.05, 4.69) is 40.9 Å². The predicted molar refractivity (Wildman–Crippen MR) is 171 cm³/mol. The predicted octanol–water partition coefficient (Wildman–Crippen LogP) is 7.01. The van der Waals surface area contributed by atoms with E-state index in [0.717, 1.165) is 49.9 Å². The SMILES string of the molecule is CCCCC/C=C/C/C=C/CCCCCCC/C=N\S(=O)(=O)c1cc2c(s1)S(=O)(=O)N(CCCOC)C[C@@H]2NCC. The summed E-state index contributed by atoms with van der Waals surface area (Å²) in [6, 6.07) is 1.22. The summed E-state index contributed by atoms with van der Waals surface area (Å²) in [6.45, 7) is 5.85. The Morgan fingerprint density at radius 3 is 2.32 bits per heavy atom. The van der Waals surface area contributed by atoms with E-state index in [-0.39, 0.29) is 21.0 Å². The van der Waals surface area contributed by atoms with Gasteiger partial charge in [0, 0.05) is 44.6 Å². The number of likely N-dealkylation sites (N-methyl/N-ethyl adjacent to an activating group) is 1. The van der Waals surface area contributed by atoms with Crippen molar-refractivity contribution >= 4 is 37.6 Å². The molecule has 1 aliphatic heterocycles. The molecule has 11 heteroatoms. The van der Waals surface area contributed by atoms with E-state index in [1.165, 1.54) is 48.7 Å². The zero-order valence-electron chi connectivity index (χ0n) is 25.2. The first-order chi connectivity index (χ1) is 19.8. The molecule has 41 heavy (non-hydrogen) atoms. The van der Waals surface area contributed by atoms with E-state index in [1.54, 1.807) is 7.11 Å². The molecule has 0 unspecified atom stereocenters. The van der Waals surface area contributed by atoms with Gasteiger partial charge in [0.25, 0.3) is 20.0 Å². The molecule has 1 atom stereocenters. The Bertz CT molecular complexity index is 1170. The van der Waals surface area contributed by atoms with Crippen LogP contribution in [0.1, 0.15) is 109 Å². The first-order valence-electron chi connectivity index (χ1n) is 15.2. The van der Waals surface area contributed by atoms with Crippen molar-refractivity contribution in [2.45, 2.75) is 112 Å². The molecule has 0 spiro atoms. The molecule has 1 aromatic heterocycles. The minimum absolute atomic E-state index is 0.0241. The molecule has 0 fully saturated rings. The number of ether oxygens (including phenoxy) is 1. The van der Waals surface area contributed by atoms with Crippen LogP contribution < -0.4 is 5.32 Å². The van der Waals surface area contributed by atoms with Crippen molar-refractivity contribution in [3.63, 3.8) is 0 Å². The zero-order chi connectivity index (χ0) is 30.0. The molecular formula is C30H51N3O5S3. The van der Waals surface area contributed by atoms with Gasteiger partial charge in [-0.1, -0.05) is 70.3 Å². The summed E-state index contributed by atoms with van der Waals surface area (Å²) in [5, 5.41) is 3.30. The Morgan fingerprint density at radius 2 is 1.66 bits per heavy atom. The lowest BCUT2D eigenvalue weighted by Gasteiger charge is -2.32. The van der Waals surface area contributed by atoms with Crippen molar-refractivity contribution in [3.8, 4) is 0 Å². The fraction of sp³-hybridized carbons (Fsp3) is 0.700. The highest BCUT2D eigenvalue weighted by atomic mass is 32.3. The average molecular weight is 630 g/mol. The summed E-state index contributed by atoms with van der Waals surface area (Å²) in [5.74, 6) is 0. The molecule has 0 amide bonds. The fourth-order valence-electron chi connectivity index (χ4n) is 4.72. The number of sulfonamides is 2. The second kappa shape index (κ2) is 19.7. The van der Waals surface area contributed by atoms with E-state index in [9.17, 15) is 16.8 Å². The number of hydrogen-bond acceptors (Lipinski definition) is 7. The number of nitrogens with one attached hydrogen (secondary N) is 1. The summed E-state index contributed by atoms with van der Waals surface area (Å²) in [6.07, 6.45) is 24.2. The molecular weight excluding hydrogens is 579 g/mol. The first kappa shape index (κ1) is 35.8. The van der Waals surface area contributed by atoms with Gasteiger partial charge >= 0.3 is 0 Å². The van der Waals surface area contributed by atoms with Crippen LogP contribution in [-0.2, 0) is 24.8 Å². The van der Waals surface area contributed by atoms with Gasteiger partial charge in [0.2, 0.25) is 0 Å². The third kappa shape index (κ3) is 12.4. The Hall–Kier alpha value is -1.37. The van der Waals surface area contributed by atoms with Gasteiger partial charge in [-0.2, -0.15) is 17.1 Å². The maximum Gasteiger partial charge on any atom is 0.291 e. The highest BCUT2D eigenvalue weighted by Gasteiger charge is 2.39. The van der Waals surface area contributed by atoms with Crippen molar-refractivity contribution in [3.05, 3.63) is 35.9 Å². The Labute approximate surface area is 253 Å². The lowest BCUT2D eigenvalue weighted by Crippen LogP contribution is -2.43. The molecule has 1 aliphatic rings. The molecule has 1 aromatic rings. The van der Waals surface area contributed by atoms with Crippen molar-refractivity contribution in [2.75, 3.05) is 33.4 Å². The first-order valence-corrected chi connectivity index (χ1v) is 18.9. The third-order valence-electron chi connectivity index (χ3n) is 7.00. The number of methoxy groups -OCH3 is 1. The van der Waals surface area contributed by atoms with Crippen LogP contribution in [-0.4, -0.2) is 60.7 Å². The van der Waals surface area contributed by atoms with Gasteiger partial charge in [0.05, 0.1) is 0 Å². The largest absolute Gasteiger partial charge is 0.385 e. The van der Waals surface area contributed by atoms with Crippen molar-refractivity contribution in [2.24, 2.45) is 4.40 Å². The molecule has 0 saturated heterocycles. The summed E-state index contributed by atoms with van der Waals surface area (Å²) >= 11 is 0.799. The summed E-state index contributed by atoms with van der Waals surface area (Å²) in [5.41, 5.74) is 0.516. The van der Waals surface area contributed by atoms with Crippen LogP contribution in [0.3, 0.4) is 0 Å². The van der Waals surface area contributed by atoms with Crippen molar-refractivity contribution in [1.29, 1.82) is 0 Å². The standard InChI is InChI=1S/C30H51N3O5S3/c1-4-6-7-8-9-10-11-12-13-14-15-16-17-18-19-20-22-32-40(34,35)29-25-27-28(31-5-2)26-33(23-21-24-38-3)41(36,37)30(27)39-29/h9-10,12-13,22,25,28,31H,4-8,11,14-21,23-24,26H2,1-3H3/b10-9+,13-12+,32-22-/t28-/m0/s1. The average Bonchev–Trinajstić information content (AvgIpc) is 3.41. The summed E-state index contributed by atoms with van der Waals surface area (Å²) < 4.78 is 62.8. The molecule has 1 N–H and O–H groups in total. The smallest absolute Gasteiger partial charge is 0.291 e. The fourth-order valence-corrected chi connectivity index (χ4v) is 9.50. The molecule has 2 rings (SSSR count). The van der Waals surface area contributed by atoms with Crippen LogP contribution in [0.25, 0.3) is 0 Å². The van der Waals surface area contributed by atoms with Crippen LogP contribution in [0.5, 0.6) is 0 Å². The second-order valence-corrected chi connectivity index (χ2v) is 15.5. The number of nitrogens with zero attached hydrogens (tertiary/aromatic N) is 2. The molecule has 0 radical (unpaired) electrons. The minimum Gasteiger partial charge on any atom is -0.385 e. The van der Waals surface area contributed by atoms with Crippen molar-refractivity contribution < 1.29 is 21.6 Å². The Morgan fingerprint density at radius 1 is 1.00 bits per heavy atom. The molecule has 0 bridgehead atoms. The monoisotopic (exact) mass is 629 g/mol. The number of fused-ring (bicyclic) bond motifs is 1. The summed E-state index contributed by atoms with van der Waals surface area (Å²) in [4.78, 5) is 0. The maximum atomic E-state index is 13.2. The van der Waals surface area contributed by atoms with Crippen LogP contribution in [0.4, 0.5) is 0 Å². The molecule has 0 saturated carbocycles. The number of unbranched alkanes of at least 4 members (excludes halogenated alkanes) is 9. The van der Waals surface area contributed by atoms with Gasteiger partial charge < -0.3 is 10.1 Å². The van der Waals surface area contributed by atoms with Gasteiger partial charge in [0.15, 0.2) is 0 Å². The van der Waals surface area contributed by atoms with Crippen LogP contribution in [0.2, 0.25) is 0 Å². The Balaban J connectivity index is 1.77. The minimum atomic E-state index is -3.96. The van der Waals surface area contributed by atoms with E-state index >= 15 is 0 Å². The third-order valence-corrected chi connectivity index (χ3v) is 12.3. The highest BCUT2D eigenvalue weighted by molar-refractivity contribution is 7.94. The Kier molecular flexibility index (Phi) is 17.3. The number of hydrogen-bond donors (Lipinski definition) is 1. The van der Waals surface area contributed by atoms with Crippen molar-refractivity contribution in [1.82, 2.24) is 9.62 Å². The van der Waals surface area contributed by atoms with Crippen LogP contribution in [0, 0.1) is 0 Å². The highest BCUT2D eigenvalue weighted by Crippen LogP contribution is 2.40. The molecule has 234 valence electrons. The second-order valence-electron chi connectivity index (χ2n) is 10.4. The van der Waals surface area contributed by atoms with Gasteiger partial charge in [-0.3, -0.25) is 0 Å². The van der Waals surface area contributed by atoms with E-state index in [0.29, 0.717) is 38.1 Å². The van der Waals surface area contributed by atoms with E-state index in [1.807, 2.05) is 6.92 Å². The number of rotatable bonds is 22. The lowest BCUT2D eigenvalue weighted by atomic mass is 10.1. The topological polar surface area (TPSA) is 105 Å². The van der Waals surface area contributed by atoms with Gasteiger partial charge in [-0.05, 0) is 64.0 Å². The summed E-state index contributed by atoms with van der Waals surface area (Å²) in [7, 11) is -6.15. The lowest BCUT2D eigenvalue weighted by molar-refractivity contribution is 0.185. The maximum absolute atomic E-state index is 13.2. The van der Waals surface area contributed by atoms with Gasteiger partial charge in [-0.25, -0.2) is 8.42 Å². The molecule has 0 aromatic carbocycles. The number of thiophene rings is 1. The van der Waals surface area contributed by atoms with Crippen LogP contribution >= 0.6 is 11.3 Å². The molecule has 2 heterocycles. The van der Waals surface area contributed by atoms with E-state index in [4.69, 9.17) is 4.74 Å². The molecule has 8 nitrogen and oxygen atoms in total. The van der Waals surface area contributed by atoms with Gasteiger partial charge in [-0.15, -0.1) is 11.3 Å². The van der Waals surface area contributed by atoms with Crippen LogP contribution in [0.15, 0.2) is 43.2 Å². The molecule has 0 aliphatic carbocycles. The van der Waals surface area contributed by atoms with Gasteiger partial charge in [0.1, 0.15) is 8.42 Å².